The molecule has 1 aromatic carbocycles. The van der Waals surface area contributed by atoms with Crippen LogP contribution in [0.4, 0.5) is 0 Å². The second kappa shape index (κ2) is 5.31. The maximum absolute atomic E-state index is 10.4. The van der Waals surface area contributed by atoms with Crippen molar-refractivity contribution >= 4 is 5.97 Å². The Morgan fingerprint density at radius 1 is 1.28 bits per heavy atom. The van der Waals surface area contributed by atoms with E-state index in [0.29, 0.717) is 18.1 Å². The number of aliphatic carboxylic acids is 1. The lowest BCUT2D eigenvalue weighted by Gasteiger charge is -1.96. The first-order chi connectivity index (χ1) is 8.63. The van der Waals surface area contributed by atoms with Crippen molar-refractivity contribution in [3.63, 3.8) is 0 Å². The highest BCUT2D eigenvalue weighted by Gasteiger charge is 2.08. The molecule has 2 aromatic rings. The van der Waals surface area contributed by atoms with Crippen LogP contribution in [0, 0.1) is 0 Å². The maximum Gasteiger partial charge on any atom is 0.303 e. The SMILES string of the molecule is O=C(O)CCc1nc(Cc2ccc(O)cc2)no1. The predicted octanol–water partition coefficient (Wildman–Crippen LogP) is 1.38. The van der Waals surface area contributed by atoms with E-state index in [1.165, 1.54) is 0 Å². The smallest absolute Gasteiger partial charge is 0.303 e. The summed E-state index contributed by atoms with van der Waals surface area (Å²) in [7, 11) is 0. The molecule has 0 atom stereocenters. The Kier molecular flexibility index (Phi) is 3.57. The molecule has 0 aliphatic heterocycles. The third-order valence-corrected chi connectivity index (χ3v) is 2.36. The van der Waals surface area contributed by atoms with Crippen molar-refractivity contribution in [3.8, 4) is 5.75 Å². The van der Waals surface area contributed by atoms with Gasteiger partial charge in [-0.15, -0.1) is 0 Å². The number of phenols is 1. The Morgan fingerprint density at radius 2 is 2.00 bits per heavy atom. The Bertz CT molecular complexity index is 533. The van der Waals surface area contributed by atoms with Crippen molar-refractivity contribution in [2.75, 3.05) is 0 Å². The zero-order valence-electron chi connectivity index (χ0n) is 9.54. The molecule has 1 aromatic heterocycles. The molecule has 0 radical (unpaired) electrons. The molecule has 2 rings (SSSR count). The number of benzene rings is 1. The largest absolute Gasteiger partial charge is 0.508 e. The van der Waals surface area contributed by atoms with E-state index in [1.807, 2.05) is 0 Å². The van der Waals surface area contributed by atoms with Gasteiger partial charge in [-0.3, -0.25) is 4.79 Å². The summed E-state index contributed by atoms with van der Waals surface area (Å²) in [6.07, 6.45) is 0.690. The fourth-order valence-electron chi connectivity index (χ4n) is 1.47. The van der Waals surface area contributed by atoms with Crippen molar-refractivity contribution in [3.05, 3.63) is 41.5 Å². The molecular weight excluding hydrogens is 236 g/mol. The molecule has 6 nitrogen and oxygen atoms in total. The molecule has 6 heteroatoms. The van der Waals surface area contributed by atoms with E-state index in [4.69, 9.17) is 14.7 Å². The van der Waals surface area contributed by atoms with Crippen molar-refractivity contribution in [2.24, 2.45) is 0 Å². The first kappa shape index (κ1) is 12.1. The quantitative estimate of drug-likeness (QED) is 0.829. The summed E-state index contributed by atoms with van der Waals surface area (Å²) in [4.78, 5) is 14.5. The molecule has 0 aliphatic rings. The van der Waals surface area contributed by atoms with Crippen LogP contribution >= 0.6 is 0 Å². The number of aromatic hydroxyl groups is 1. The molecule has 0 fully saturated rings. The second-order valence-electron chi connectivity index (χ2n) is 3.84. The molecule has 2 N–H and O–H groups in total. The van der Waals surface area contributed by atoms with Gasteiger partial charge in [0.1, 0.15) is 5.75 Å². The number of nitrogens with zero attached hydrogens (tertiary/aromatic N) is 2. The van der Waals surface area contributed by atoms with Gasteiger partial charge in [-0.2, -0.15) is 4.98 Å². The first-order valence-corrected chi connectivity index (χ1v) is 5.44. The third-order valence-electron chi connectivity index (χ3n) is 2.36. The van der Waals surface area contributed by atoms with E-state index >= 15 is 0 Å². The fraction of sp³-hybridized carbons (Fsp3) is 0.250. The molecule has 0 amide bonds. The van der Waals surface area contributed by atoms with Gasteiger partial charge in [0, 0.05) is 12.8 Å². The van der Waals surface area contributed by atoms with Crippen molar-refractivity contribution in [1.82, 2.24) is 10.1 Å². The molecular formula is C12H12N2O4. The van der Waals surface area contributed by atoms with E-state index in [-0.39, 0.29) is 18.6 Å². The summed E-state index contributed by atoms with van der Waals surface area (Å²) in [6, 6.07) is 6.70. The summed E-state index contributed by atoms with van der Waals surface area (Å²) in [5, 5.41) is 21.4. The topological polar surface area (TPSA) is 96.5 Å². The van der Waals surface area contributed by atoms with E-state index in [1.54, 1.807) is 24.3 Å². The molecule has 0 spiro atoms. The van der Waals surface area contributed by atoms with Crippen LogP contribution in [0.25, 0.3) is 0 Å². The number of hydrogen-bond donors (Lipinski definition) is 2. The van der Waals surface area contributed by atoms with Crippen LogP contribution < -0.4 is 0 Å². The summed E-state index contributed by atoms with van der Waals surface area (Å²) >= 11 is 0. The Hall–Kier alpha value is -2.37. The second-order valence-corrected chi connectivity index (χ2v) is 3.84. The minimum atomic E-state index is -0.895. The van der Waals surface area contributed by atoms with Gasteiger partial charge in [-0.1, -0.05) is 17.3 Å². The van der Waals surface area contributed by atoms with E-state index in [2.05, 4.69) is 10.1 Å². The maximum atomic E-state index is 10.4. The first-order valence-electron chi connectivity index (χ1n) is 5.44. The highest BCUT2D eigenvalue weighted by Crippen LogP contribution is 2.12. The van der Waals surface area contributed by atoms with Gasteiger partial charge in [0.25, 0.3) is 0 Å². The molecule has 94 valence electrons. The van der Waals surface area contributed by atoms with Gasteiger partial charge in [0.2, 0.25) is 5.89 Å². The standard InChI is InChI=1S/C12H12N2O4/c15-9-3-1-8(2-4-9)7-10-13-11(18-14-10)5-6-12(16)17/h1-4,15H,5-7H2,(H,16,17). The van der Waals surface area contributed by atoms with Crippen LogP contribution in [0.15, 0.2) is 28.8 Å². The molecule has 1 heterocycles. The van der Waals surface area contributed by atoms with Gasteiger partial charge in [0.05, 0.1) is 6.42 Å². The van der Waals surface area contributed by atoms with Gasteiger partial charge in [-0.05, 0) is 17.7 Å². The van der Waals surface area contributed by atoms with Crippen LogP contribution in [-0.2, 0) is 17.6 Å². The Balaban J connectivity index is 1.97. The summed E-state index contributed by atoms with van der Waals surface area (Å²) < 4.78 is 4.94. The van der Waals surface area contributed by atoms with Crippen LogP contribution in [0.3, 0.4) is 0 Å². The minimum absolute atomic E-state index is 0.0269. The Morgan fingerprint density at radius 3 is 2.67 bits per heavy atom. The van der Waals surface area contributed by atoms with E-state index in [9.17, 15) is 4.79 Å². The summed E-state index contributed by atoms with van der Waals surface area (Å²) in [5.74, 6) is 0.134. The number of hydrogen-bond acceptors (Lipinski definition) is 5. The lowest BCUT2D eigenvalue weighted by atomic mass is 10.1. The van der Waals surface area contributed by atoms with Gasteiger partial charge in [-0.25, -0.2) is 0 Å². The number of carboxylic acids is 1. The third kappa shape index (κ3) is 3.31. The van der Waals surface area contributed by atoms with Crippen LogP contribution in [0.1, 0.15) is 23.7 Å². The minimum Gasteiger partial charge on any atom is -0.508 e. The lowest BCUT2D eigenvalue weighted by Crippen LogP contribution is -1.98. The number of aryl methyl sites for hydroxylation is 1. The monoisotopic (exact) mass is 248 g/mol. The average Bonchev–Trinajstić information content (AvgIpc) is 2.77. The molecule has 0 saturated heterocycles. The average molecular weight is 248 g/mol. The molecule has 18 heavy (non-hydrogen) atoms. The van der Waals surface area contributed by atoms with Crippen LogP contribution in [0.5, 0.6) is 5.75 Å². The number of phenolic OH excluding ortho intramolecular Hbond substituents is 1. The van der Waals surface area contributed by atoms with Gasteiger partial charge >= 0.3 is 5.97 Å². The predicted molar refractivity (Wildman–Crippen MR) is 61.2 cm³/mol. The zero-order chi connectivity index (χ0) is 13.0. The van der Waals surface area contributed by atoms with Crippen molar-refractivity contribution < 1.29 is 19.5 Å². The summed E-state index contributed by atoms with van der Waals surface area (Å²) in [6.45, 7) is 0. The van der Waals surface area contributed by atoms with Gasteiger partial charge < -0.3 is 14.7 Å². The van der Waals surface area contributed by atoms with E-state index in [0.717, 1.165) is 5.56 Å². The van der Waals surface area contributed by atoms with Crippen LogP contribution in [-0.4, -0.2) is 26.3 Å². The molecule has 0 saturated carbocycles. The number of carboxylic acid groups (broad SMARTS) is 1. The Labute approximate surface area is 103 Å². The number of rotatable bonds is 5. The van der Waals surface area contributed by atoms with E-state index < -0.39 is 5.97 Å². The molecule has 0 unspecified atom stereocenters. The summed E-state index contributed by atoms with van der Waals surface area (Å²) in [5.41, 5.74) is 0.943. The molecule has 0 bridgehead atoms. The molecule has 0 aliphatic carbocycles. The highest BCUT2D eigenvalue weighted by molar-refractivity contribution is 5.66. The highest BCUT2D eigenvalue weighted by atomic mass is 16.5. The zero-order valence-corrected chi connectivity index (χ0v) is 9.54. The lowest BCUT2D eigenvalue weighted by molar-refractivity contribution is -0.137. The van der Waals surface area contributed by atoms with Crippen molar-refractivity contribution in [2.45, 2.75) is 19.3 Å². The number of carbonyl (C=O) groups is 1. The van der Waals surface area contributed by atoms with Crippen LogP contribution in [0.2, 0.25) is 0 Å². The normalized spacial score (nSPS) is 10.4. The van der Waals surface area contributed by atoms with Crippen molar-refractivity contribution in [1.29, 1.82) is 0 Å². The fourth-order valence-corrected chi connectivity index (χ4v) is 1.47. The van der Waals surface area contributed by atoms with Gasteiger partial charge in [0.15, 0.2) is 5.82 Å². The number of aromatic nitrogens is 2.